The molecule has 1 aliphatic rings. The third-order valence-corrected chi connectivity index (χ3v) is 3.83. The quantitative estimate of drug-likeness (QED) is 0.839. The monoisotopic (exact) mass is 314 g/mol. The molecule has 0 spiro atoms. The van der Waals surface area contributed by atoms with E-state index in [1.165, 1.54) is 7.11 Å². The summed E-state index contributed by atoms with van der Waals surface area (Å²) in [5.41, 5.74) is 0.744. The first-order valence-corrected chi connectivity index (χ1v) is 7.57. The predicted octanol–water partition coefficient (Wildman–Crippen LogP) is 1.86. The van der Waals surface area contributed by atoms with E-state index in [1.54, 1.807) is 12.1 Å². The average Bonchev–Trinajstić information content (AvgIpc) is 2.48. The smallest absolute Gasteiger partial charge is 0.162 e. The Hall–Kier alpha value is -1.01. The van der Waals surface area contributed by atoms with Crippen LogP contribution in [-0.2, 0) is 11.3 Å². The summed E-state index contributed by atoms with van der Waals surface area (Å²) in [4.78, 5) is 2.37. The van der Waals surface area contributed by atoms with Crippen LogP contribution in [0.25, 0.3) is 0 Å². The van der Waals surface area contributed by atoms with Crippen molar-refractivity contribution >= 4 is 11.6 Å². The molecule has 0 radical (unpaired) electrons. The second-order valence-electron chi connectivity index (χ2n) is 5.31. The minimum Gasteiger partial charge on any atom is -0.504 e. The summed E-state index contributed by atoms with van der Waals surface area (Å²) in [5, 5.41) is 14.1. The van der Waals surface area contributed by atoms with E-state index in [4.69, 9.17) is 21.1 Å². The molecule has 1 aliphatic heterocycles. The third-order valence-electron chi connectivity index (χ3n) is 3.62. The molecule has 21 heavy (non-hydrogen) atoms. The van der Waals surface area contributed by atoms with Crippen molar-refractivity contribution in [1.29, 1.82) is 0 Å². The molecule has 1 fully saturated rings. The minimum absolute atomic E-state index is 0.146. The molecule has 0 amide bonds. The van der Waals surface area contributed by atoms with E-state index in [0.29, 0.717) is 23.4 Å². The van der Waals surface area contributed by atoms with Gasteiger partial charge in [0.25, 0.3) is 0 Å². The van der Waals surface area contributed by atoms with Gasteiger partial charge in [-0.05, 0) is 13.0 Å². The number of hydrogen-bond donors (Lipinski definition) is 2. The van der Waals surface area contributed by atoms with Gasteiger partial charge in [-0.15, -0.1) is 0 Å². The summed E-state index contributed by atoms with van der Waals surface area (Å²) in [6.07, 6.45) is 0. The molecule has 1 saturated heterocycles. The molecular formula is C15H23ClN2O3. The van der Waals surface area contributed by atoms with Crippen LogP contribution in [-0.4, -0.2) is 56.0 Å². The van der Waals surface area contributed by atoms with Crippen LogP contribution in [0.3, 0.4) is 0 Å². The number of halogens is 1. The molecule has 5 nitrogen and oxygen atoms in total. The number of hydrogen-bond acceptors (Lipinski definition) is 5. The fourth-order valence-electron chi connectivity index (χ4n) is 2.44. The molecule has 0 aliphatic carbocycles. The highest BCUT2D eigenvalue weighted by atomic mass is 35.5. The average molecular weight is 315 g/mol. The van der Waals surface area contributed by atoms with E-state index >= 15 is 0 Å². The lowest BCUT2D eigenvalue weighted by atomic mass is 10.1. The van der Waals surface area contributed by atoms with Gasteiger partial charge in [-0.25, -0.2) is 0 Å². The van der Waals surface area contributed by atoms with Gasteiger partial charge < -0.3 is 19.9 Å². The zero-order valence-electron chi connectivity index (χ0n) is 12.6. The number of benzene rings is 1. The number of rotatable bonds is 6. The molecule has 1 aromatic carbocycles. The van der Waals surface area contributed by atoms with Crippen molar-refractivity contribution in [2.45, 2.75) is 19.5 Å². The molecule has 0 aromatic heterocycles. The first kappa shape index (κ1) is 16.4. The summed E-state index contributed by atoms with van der Waals surface area (Å²) in [6, 6.07) is 3.68. The Morgan fingerprint density at radius 2 is 2.14 bits per heavy atom. The molecule has 1 unspecified atom stereocenters. The molecule has 2 N–H and O–H groups in total. The van der Waals surface area contributed by atoms with Crippen molar-refractivity contribution in [1.82, 2.24) is 10.2 Å². The zero-order chi connectivity index (χ0) is 15.2. The number of morpholine rings is 1. The van der Waals surface area contributed by atoms with Gasteiger partial charge in [0, 0.05) is 48.9 Å². The number of nitrogens with zero attached hydrogens (tertiary/aromatic N) is 1. The first-order valence-electron chi connectivity index (χ1n) is 7.19. The fraction of sp³-hybridized carbons (Fsp3) is 0.600. The Kier molecular flexibility index (Phi) is 6.11. The largest absolute Gasteiger partial charge is 0.504 e. The van der Waals surface area contributed by atoms with Gasteiger partial charge in [0.15, 0.2) is 11.5 Å². The van der Waals surface area contributed by atoms with E-state index < -0.39 is 0 Å². The van der Waals surface area contributed by atoms with Gasteiger partial charge >= 0.3 is 0 Å². The van der Waals surface area contributed by atoms with Crippen molar-refractivity contribution in [2.24, 2.45) is 0 Å². The van der Waals surface area contributed by atoms with Crippen LogP contribution in [0, 0.1) is 0 Å². The predicted molar refractivity (Wildman–Crippen MR) is 83.2 cm³/mol. The summed E-state index contributed by atoms with van der Waals surface area (Å²) in [6.45, 7) is 7.20. The first-order chi connectivity index (χ1) is 10.1. The molecule has 2 rings (SSSR count). The minimum atomic E-state index is 0.146. The molecule has 1 heterocycles. The Morgan fingerprint density at radius 1 is 1.43 bits per heavy atom. The highest BCUT2D eigenvalue weighted by molar-refractivity contribution is 6.30. The van der Waals surface area contributed by atoms with Gasteiger partial charge in [0.1, 0.15) is 0 Å². The molecule has 118 valence electrons. The molecule has 0 bridgehead atoms. The number of ether oxygens (including phenoxy) is 2. The topological polar surface area (TPSA) is 54.0 Å². The molecule has 0 saturated carbocycles. The van der Waals surface area contributed by atoms with Crippen molar-refractivity contribution in [3.63, 3.8) is 0 Å². The number of methoxy groups -OCH3 is 1. The maximum absolute atomic E-state index is 10.1. The van der Waals surface area contributed by atoms with Crippen molar-refractivity contribution in [3.05, 3.63) is 22.7 Å². The zero-order valence-corrected chi connectivity index (χ0v) is 13.3. The van der Waals surface area contributed by atoms with Gasteiger partial charge in [0.2, 0.25) is 0 Å². The summed E-state index contributed by atoms with van der Waals surface area (Å²) >= 11 is 6.03. The second-order valence-corrected chi connectivity index (χ2v) is 5.75. The number of phenols is 1. The SMILES string of the molecule is COc1cc(Cl)cc(CNC(C)CN2CCOCC2)c1O. The van der Waals surface area contributed by atoms with E-state index in [1.807, 2.05) is 0 Å². The highest BCUT2D eigenvalue weighted by Crippen LogP contribution is 2.33. The lowest BCUT2D eigenvalue weighted by Gasteiger charge is -2.29. The lowest BCUT2D eigenvalue weighted by Crippen LogP contribution is -2.44. The maximum Gasteiger partial charge on any atom is 0.162 e. The summed E-state index contributed by atoms with van der Waals surface area (Å²) in [7, 11) is 1.52. The van der Waals surface area contributed by atoms with Gasteiger partial charge in [0.05, 0.1) is 20.3 Å². The number of aromatic hydroxyl groups is 1. The maximum atomic E-state index is 10.1. The van der Waals surface area contributed by atoms with Crippen LogP contribution in [0.4, 0.5) is 0 Å². The van der Waals surface area contributed by atoms with E-state index in [0.717, 1.165) is 38.4 Å². The normalized spacial score (nSPS) is 17.7. The van der Waals surface area contributed by atoms with Crippen LogP contribution in [0.5, 0.6) is 11.5 Å². The Bertz CT molecular complexity index is 464. The fourth-order valence-corrected chi connectivity index (χ4v) is 2.67. The molecule has 6 heteroatoms. The van der Waals surface area contributed by atoms with Crippen molar-refractivity contribution < 1.29 is 14.6 Å². The van der Waals surface area contributed by atoms with Crippen molar-refractivity contribution in [2.75, 3.05) is 40.0 Å². The van der Waals surface area contributed by atoms with Gasteiger partial charge in [-0.1, -0.05) is 11.6 Å². The summed E-state index contributed by atoms with van der Waals surface area (Å²) in [5.74, 6) is 0.549. The molecule has 1 atom stereocenters. The van der Waals surface area contributed by atoms with Crippen LogP contribution in [0.15, 0.2) is 12.1 Å². The standard InChI is InChI=1S/C15H23ClN2O3/c1-11(10-18-3-5-21-6-4-18)17-9-12-7-13(16)8-14(20-2)15(12)19/h7-8,11,17,19H,3-6,9-10H2,1-2H3. The van der Waals surface area contributed by atoms with E-state index in [2.05, 4.69) is 17.1 Å². The Morgan fingerprint density at radius 3 is 2.81 bits per heavy atom. The van der Waals surface area contributed by atoms with Gasteiger partial charge in [-0.3, -0.25) is 4.90 Å². The van der Waals surface area contributed by atoms with Crippen LogP contribution in [0.1, 0.15) is 12.5 Å². The molecular weight excluding hydrogens is 292 g/mol. The Balaban J connectivity index is 1.88. The third kappa shape index (κ3) is 4.74. The van der Waals surface area contributed by atoms with Crippen LogP contribution >= 0.6 is 11.6 Å². The summed E-state index contributed by atoms with van der Waals surface area (Å²) < 4.78 is 10.5. The van der Waals surface area contributed by atoms with Crippen LogP contribution < -0.4 is 10.1 Å². The van der Waals surface area contributed by atoms with Gasteiger partial charge in [-0.2, -0.15) is 0 Å². The van der Waals surface area contributed by atoms with Crippen molar-refractivity contribution in [3.8, 4) is 11.5 Å². The lowest BCUT2D eigenvalue weighted by molar-refractivity contribution is 0.0343. The van der Waals surface area contributed by atoms with E-state index in [-0.39, 0.29) is 5.75 Å². The van der Waals surface area contributed by atoms with E-state index in [9.17, 15) is 5.11 Å². The molecule has 1 aromatic rings. The second kappa shape index (κ2) is 7.84. The highest BCUT2D eigenvalue weighted by Gasteiger charge is 2.15. The number of nitrogens with one attached hydrogen (secondary N) is 1. The Labute approximate surface area is 130 Å². The number of phenolic OH excluding ortho intramolecular Hbond substituents is 1. The van der Waals surface area contributed by atoms with Crippen LogP contribution in [0.2, 0.25) is 5.02 Å².